The van der Waals surface area contributed by atoms with Gasteiger partial charge in [0.2, 0.25) is 11.9 Å². The number of nitrogens with one attached hydrogen (secondary N) is 2. The maximum absolute atomic E-state index is 14.6. The molecule has 2 atom stereocenters. The van der Waals surface area contributed by atoms with Crippen LogP contribution >= 0.6 is 11.6 Å². The molecule has 2 amide bonds. The van der Waals surface area contributed by atoms with E-state index < -0.39 is 30.4 Å². The van der Waals surface area contributed by atoms with Gasteiger partial charge >= 0.3 is 0 Å². The minimum absolute atomic E-state index is 0.102. The van der Waals surface area contributed by atoms with Crippen LogP contribution in [-0.4, -0.2) is 82.8 Å². The molecule has 2 aliphatic heterocycles. The maximum Gasteiger partial charge on any atom is 0.255 e. The Kier molecular flexibility index (Phi) is 8.85. The number of carbonyl (C=O) groups is 2. The number of aliphatic hydroxyl groups is 1. The summed E-state index contributed by atoms with van der Waals surface area (Å²) in [7, 11) is 3.51. The number of nitrogens with zero attached hydrogens (tertiary/aromatic N) is 5. The van der Waals surface area contributed by atoms with Gasteiger partial charge in [0, 0.05) is 56.6 Å². The molecule has 1 fully saturated rings. The number of hydrogen-bond acceptors (Lipinski definition) is 9. The molecule has 4 heterocycles. The second-order valence-corrected chi connectivity index (χ2v) is 11.0. The van der Waals surface area contributed by atoms with Gasteiger partial charge in [-0.2, -0.15) is 0 Å². The fourth-order valence-electron chi connectivity index (χ4n) is 5.06. The predicted molar refractivity (Wildman–Crippen MR) is 156 cm³/mol. The molecule has 1 saturated heterocycles. The summed E-state index contributed by atoms with van der Waals surface area (Å²) < 4.78 is 20.0. The summed E-state index contributed by atoms with van der Waals surface area (Å²) in [5.41, 5.74) is 2.43. The topological polar surface area (TPSA) is 133 Å². The zero-order valence-electron chi connectivity index (χ0n) is 23.6. The third-order valence-corrected chi connectivity index (χ3v) is 7.84. The quantitative estimate of drug-likeness (QED) is 0.340. The molecule has 0 spiro atoms. The highest BCUT2D eigenvalue weighted by atomic mass is 35.5. The summed E-state index contributed by atoms with van der Waals surface area (Å²) in [6, 6.07) is 5.15. The highest BCUT2D eigenvalue weighted by Crippen LogP contribution is 2.32. The molecular weight excluding hydrogens is 565 g/mol. The number of aromatic nitrogens is 3. The summed E-state index contributed by atoms with van der Waals surface area (Å²) in [4.78, 5) is 42.8. The van der Waals surface area contributed by atoms with E-state index in [1.807, 2.05) is 12.1 Å². The van der Waals surface area contributed by atoms with Crippen LogP contribution in [0.1, 0.15) is 47.3 Å². The Morgan fingerprint density at radius 3 is 2.71 bits per heavy atom. The minimum Gasteiger partial charge on any atom is -0.394 e. The third-order valence-electron chi connectivity index (χ3n) is 7.56. The van der Waals surface area contributed by atoms with Crippen LogP contribution < -0.4 is 15.5 Å². The number of fused-ring (bicyclic) bond motifs is 1. The summed E-state index contributed by atoms with van der Waals surface area (Å²) >= 11 is 6.46. The van der Waals surface area contributed by atoms with E-state index in [1.54, 1.807) is 32.0 Å². The van der Waals surface area contributed by atoms with E-state index >= 15 is 0 Å². The van der Waals surface area contributed by atoms with Gasteiger partial charge < -0.3 is 30.3 Å². The molecular formula is C29H33ClFN7O4. The van der Waals surface area contributed by atoms with Crippen molar-refractivity contribution in [2.24, 2.45) is 0 Å². The summed E-state index contributed by atoms with van der Waals surface area (Å²) in [5.74, 6) is -0.587. The van der Waals surface area contributed by atoms with Crippen molar-refractivity contribution in [3.05, 3.63) is 64.2 Å². The van der Waals surface area contributed by atoms with Gasteiger partial charge in [0.1, 0.15) is 17.7 Å². The number of aliphatic hydroxyl groups excluding tert-OH is 1. The van der Waals surface area contributed by atoms with Crippen molar-refractivity contribution < 1.29 is 23.8 Å². The molecule has 2 unspecified atom stereocenters. The first-order valence-electron chi connectivity index (χ1n) is 13.7. The fraction of sp³-hybridized carbons (Fsp3) is 0.414. The lowest BCUT2D eigenvalue weighted by atomic mass is 10.0. The lowest BCUT2D eigenvalue weighted by Crippen LogP contribution is -2.47. The van der Waals surface area contributed by atoms with Crippen molar-refractivity contribution in [1.82, 2.24) is 25.2 Å². The molecule has 0 radical (unpaired) electrons. The Labute approximate surface area is 248 Å². The largest absolute Gasteiger partial charge is 0.394 e. The molecule has 222 valence electrons. The van der Waals surface area contributed by atoms with E-state index in [2.05, 4.69) is 25.6 Å². The third kappa shape index (κ3) is 6.15. The predicted octanol–water partition coefficient (Wildman–Crippen LogP) is 3.18. The maximum atomic E-state index is 14.6. The van der Waals surface area contributed by atoms with Crippen LogP contribution in [0.4, 0.5) is 16.2 Å². The Morgan fingerprint density at radius 2 is 2.00 bits per heavy atom. The first-order chi connectivity index (χ1) is 20.2. The molecule has 1 aromatic carbocycles. The molecule has 0 aliphatic carbocycles. The van der Waals surface area contributed by atoms with Gasteiger partial charge in [0.25, 0.3) is 5.91 Å². The molecule has 0 saturated carbocycles. The minimum atomic E-state index is -1.02. The number of carbonyl (C=O) groups excluding carboxylic acids is 2. The van der Waals surface area contributed by atoms with Crippen LogP contribution in [0.25, 0.3) is 11.3 Å². The van der Waals surface area contributed by atoms with Gasteiger partial charge in [-0.05, 0) is 37.5 Å². The fourth-order valence-corrected chi connectivity index (χ4v) is 5.26. The Morgan fingerprint density at radius 1 is 1.24 bits per heavy atom. The molecule has 42 heavy (non-hydrogen) atoms. The number of anilines is 2. The zero-order chi connectivity index (χ0) is 30.0. The second-order valence-electron chi connectivity index (χ2n) is 10.6. The van der Waals surface area contributed by atoms with Gasteiger partial charge in [0.05, 0.1) is 35.8 Å². The Hall–Kier alpha value is -3.87. The van der Waals surface area contributed by atoms with Crippen molar-refractivity contribution in [2.75, 3.05) is 44.1 Å². The second kappa shape index (κ2) is 12.6. The number of halogens is 2. The van der Waals surface area contributed by atoms with Crippen LogP contribution in [0.15, 0.2) is 36.7 Å². The van der Waals surface area contributed by atoms with Crippen LogP contribution in [0.3, 0.4) is 0 Å². The number of hydrogen-bond donors (Lipinski definition) is 3. The molecule has 0 bridgehead atoms. The van der Waals surface area contributed by atoms with E-state index in [1.165, 1.54) is 17.2 Å². The van der Waals surface area contributed by atoms with Gasteiger partial charge in [-0.1, -0.05) is 23.7 Å². The van der Waals surface area contributed by atoms with Crippen LogP contribution in [0.2, 0.25) is 5.02 Å². The van der Waals surface area contributed by atoms with Crippen molar-refractivity contribution in [3.8, 4) is 11.3 Å². The van der Waals surface area contributed by atoms with Gasteiger partial charge in [-0.3, -0.25) is 9.59 Å². The first-order valence-corrected chi connectivity index (χ1v) is 14.1. The number of rotatable bonds is 9. The molecule has 2 aromatic heterocycles. The van der Waals surface area contributed by atoms with E-state index in [0.717, 1.165) is 24.6 Å². The van der Waals surface area contributed by atoms with E-state index in [9.17, 15) is 19.1 Å². The van der Waals surface area contributed by atoms with Crippen molar-refractivity contribution in [3.63, 3.8) is 0 Å². The number of ether oxygens (including phenoxy) is 1. The van der Waals surface area contributed by atoms with Gasteiger partial charge in [0.15, 0.2) is 0 Å². The zero-order valence-corrected chi connectivity index (χ0v) is 24.4. The smallest absolute Gasteiger partial charge is 0.255 e. The summed E-state index contributed by atoms with van der Waals surface area (Å²) in [6.45, 7) is 2.63. The summed E-state index contributed by atoms with van der Waals surface area (Å²) in [6.07, 6.45) is 4.28. The van der Waals surface area contributed by atoms with Crippen molar-refractivity contribution in [1.29, 1.82) is 0 Å². The molecule has 5 rings (SSSR count). The molecule has 11 nitrogen and oxygen atoms in total. The lowest BCUT2D eigenvalue weighted by molar-refractivity contribution is -0.126. The van der Waals surface area contributed by atoms with E-state index in [-0.39, 0.29) is 24.1 Å². The van der Waals surface area contributed by atoms with Crippen molar-refractivity contribution >= 4 is 35.2 Å². The first kappa shape index (κ1) is 29.6. The van der Waals surface area contributed by atoms with Gasteiger partial charge in [-0.15, -0.1) is 0 Å². The molecule has 3 N–H and O–H groups in total. The highest BCUT2D eigenvalue weighted by Gasteiger charge is 2.35. The van der Waals surface area contributed by atoms with Crippen LogP contribution in [0.5, 0.6) is 0 Å². The highest BCUT2D eigenvalue weighted by molar-refractivity contribution is 6.33. The molecule has 3 aromatic rings. The normalized spacial score (nSPS) is 16.6. The lowest BCUT2D eigenvalue weighted by Gasteiger charge is -2.26. The Balaban J connectivity index is 1.31. The number of pyridine rings is 1. The number of amides is 2. The van der Waals surface area contributed by atoms with Gasteiger partial charge in [-0.25, -0.2) is 19.3 Å². The van der Waals surface area contributed by atoms with Crippen molar-refractivity contribution in [2.45, 2.75) is 44.4 Å². The van der Waals surface area contributed by atoms with E-state index in [4.69, 9.17) is 16.3 Å². The average molecular weight is 598 g/mol. The SMILES string of the molecule is CC(C(=O)NC(CO)c1cc(N(C)C)ncc1F)N1Cc2ccc(-c3nc(NC4CCOCC4)ncc3Cl)cc2C1=O. The average Bonchev–Trinajstić information content (AvgIpc) is 3.32. The van der Waals surface area contributed by atoms with E-state index in [0.29, 0.717) is 46.8 Å². The van der Waals surface area contributed by atoms with Crippen LogP contribution in [-0.2, 0) is 16.1 Å². The monoisotopic (exact) mass is 597 g/mol. The standard InChI is InChI=1S/C29H33ClFN7O4/c1-16(27(40)35-24(15-39)21-11-25(37(2)3)32-13-23(21)31)38-14-18-5-4-17(10-20(18)28(38)41)26-22(30)12-33-29(36-26)34-19-6-8-42-9-7-19/h4-5,10-13,16,19,24,39H,6-9,14-15H2,1-3H3,(H,35,40)(H,33,34,36). The Bertz CT molecular complexity index is 1480. The molecule has 2 aliphatic rings. The molecule has 13 heteroatoms. The summed E-state index contributed by atoms with van der Waals surface area (Å²) in [5, 5.41) is 16.3. The number of benzene rings is 1. The van der Waals surface area contributed by atoms with Crippen LogP contribution in [0, 0.1) is 5.82 Å².